The van der Waals surface area contributed by atoms with Crippen LogP contribution in [-0.2, 0) is 12.1 Å². The van der Waals surface area contributed by atoms with E-state index in [1.165, 1.54) is 0 Å². The highest BCUT2D eigenvalue weighted by Gasteiger charge is 2.53. The number of nitrogens with one attached hydrogen (secondary N) is 1. The Hall–Kier alpha value is -3.44. The highest BCUT2D eigenvalue weighted by molar-refractivity contribution is 6.32. The van der Waals surface area contributed by atoms with Crippen molar-refractivity contribution in [3.05, 3.63) is 95.1 Å². The van der Waals surface area contributed by atoms with E-state index in [-0.39, 0.29) is 18.4 Å². The Morgan fingerprint density at radius 2 is 1.43 bits per heavy atom. The summed E-state index contributed by atoms with van der Waals surface area (Å²) in [6, 6.07) is 21.8. The van der Waals surface area contributed by atoms with Crippen molar-refractivity contribution in [3.63, 3.8) is 0 Å². The van der Waals surface area contributed by atoms with Gasteiger partial charge >= 0.3 is 0 Å². The smallest absolute Gasteiger partial charge is 0.231 e. The van der Waals surface area contributed by atoms with Gasteiger partial charge < -0.3 is 9.47 Å². The van der Waals surface area contributed by atoms with Crippen LogP contribution >= 0.6 is 0 Å². The first kappa shape index (κ1) is 16.7. The first-order valence-electron chi connectivity index (χ1n) is 9.08. The zero-order valence-corrected chi connectivity index (χ0v) is 15.0. The number of ketones is 2. The van der Waals surface area contributed by atoms with Gasteiger partial charge in [0, 0.05) is 17.7 Å². The van der Waals surface area contributed by atoms with Gasteiger partial charge in [0.25, 0.3) is 0 Å². The quantitative estimate of drug-likeness (QED) is 0.712. The lowest BCUT2D eigenvalue weighted by atomic mass is 9.84. The number of rotatable bonds is 4. The maximum atomic E-state index is 13.4. The summed E-state index contributed by atoms with van der Waals surface area (Å²) in [4.78, 5) is 26.8. The first-order valence-corrected chi connectivity index (χ1v) is 9.08. The summed E-state index contributed by atoms with van der Waals surface area (Å²) in [7, 11) is 0. The van der Waals surface area contributed by atoms with Crippen molar-refractivity contribution in [3.8, 4) is 11.5 Å². The van der Waals surface area contributed by atoms with Gasteiger partial charge in [-0.15, -0.1) is 0 Å². The number of fused-ring (bicyclic) bond motifs is 2. The third-order valence-electron chi connectivity index (χ3n) is 5.30. The lowest BCUT2D eigenvalue weighted by Crippen LogP contribution is -2.51. The minimum atomic E-state index is -1.43. The van der Waals surface area contributed by atoms with Crippen molar-refractivity contribution in [2.45, 2.75) is 12.1 Å². The van der Waals surface area contributed by atoms with Crippen LogP contribution in [0.5, 0.6) is 11.5 Å². The van der Waals surface area contributed by atoms with E-state index in [4.69, 9.17) is 9.47 Å². The third-order valence-corrected chi connectivity index (χ3v) is 5.30. The summed E-state index contributed by atoms with van der Waals surface area (Å²) in [5.74, 6) is 0.919. The fourth-order valence-electron chi connectivity index (χ4n) is 3.88. The average Bonchev–Trinajstić information content (AvgIpc) is 3.30. The Balaban J connectivity index is 1.55. The van der Waals surface area contributed by atoms with Crippen LogP contribution in [0, 0.1) is 0 Å². The molecular weight excluding hydrogens is 354 g/mol. The molecule has 3 aromatic carbocycles. The molecule has 0 fully saturated rings. The molecule has 5 rings (SSSR count). The Kier molecular flexibility index (Phi) is 3.77. The molecule has 0 bridgehead atoms. The minimum Gasteiger partial charge on any atom is -0.454 e. The van der Waals surface area contributed by atoms with Gasteiger partial charge in [-0.2, -0.15) is 0 Å². The van der Waals surface area contributed by atoms with Crippen LogP contribution < -0.4 is 14.8 Å². The molecule has 0 amide bonds. The molecule has 0 radical (unpaired) electrons. The molecule has 3 aromatic rings. The maximum Gasteiger partial charge on any atom is 0.231 e. The molecule has 0 aromatic heterocycles. The predicted octanol–water partition coefficient (Wildman–Crippen LogP) is 3.48. The Morgan fingerprint density at radius 1 is 0.786 bits per heavy atom. The van der Waals surface area contributed by atoms with Crippen LogP contribution in [0.3, 0.4) is 0 Å². The van der Waals surface area contributed by atoms with E-state index in [2.05, 4.69) is 5.32 Å². The van der Waals surface area contributed by atoms with Gasteiger partial charge in [-0.1, -0.05) is 60.7 Å². The standard InChI is InChI=1S/C23H17NO4/c25-21-17-8-4-5-9-18(17)22(26)23(21,16-6-2-1-3-7-16)24-13-15-10-11-19-20(12-15)28-14-27-19/h1-12,24H,13-14H2. The first-order chi connectivity index (χ1) is 13.7. The molecule has 2 aliphatic rings. The molecule has 1 N–H and O–H groups in total. The highest BCUT2D eigenvalue weighted by atomic mass is 16.7. The van der Waals surface area contributed by atoms with Crippen molar-refractivity contribution in [2.75, 3.05) is 6.79 Å². The fraction of sp³-hybridized carbons (Fsp3) is 0.130. The van der Waals surface area contributed by atoms with Crippen LogP contribution in [0.1, 0.15) is 31.8 Å². The average molecular weight is 371 g/mol. The van der Waals surface area contributed by atoms with E-state index in [9.17, 15) is 9.59 Å². The number of benzene rings is 3. The summed E-state index contributed by atoms with van der Waals surface area (Å²) in [6.45, 7) is 0.531. The molecule has 0 saturated heterocycles. The molecule has 1 aliphatic heterocycles. The molecule has 0 unspecified atom stereocenters. The number of carbonyl (C=O) groups excluding carboxylic acids is 2. The molecule has 0 saturated carbocycles. The third kappa shape index (κ3) is 2.37. The summed E-state index contributed by atoms with van der Waals surface area (Å²) >= 11 is 0. The fourth-order valence-corrected chi connectivity index (χ4v) is 3.88. The number of hydrogen-bond donors (Lipinski definition) is 1. The predicted molar refractivity (Wildman–Crippen MR) is 103 cm³/mol. The van der Waals surface area contributed by atoms with Gasteiger partial charge in [0.05, 0.1) is 0 Å². The molecule has 138 valence electrons. The summed E-state index contributed by atoms with van der Waals surface area (Å²) in [5.41, 5.74) is 1.02. The van der Waals surface area contributed by atoms with Gasteiger partial charge in [-0.3, -0.25) is 14.9 Å². The van der Waals surface area contributed by atoms with E-state index in [1.807, 2.05) is 48.5 Å². The van der Waals surface area contributed by atoms with Gasteiger partial charge in [0.1, 0.15) is 0 Å². The van der Waals surface area contributed by atoms with Crippen LogP contribution in [0.25, 0.3) is 0 Å². The van der Waals surface area contributed by atoms with E-state index in [0.717, 1.165) is 5.56 Å². The zero-order chi connectivity index (χ0) is 19.1. The Labute approximate surface area is 161 Å². The van der Waals surface area contributed by atoms with Gasteiger partial charge in [-0.05, 0) is 23.3 Å². The maximum absolute atomic E-state index is 13.4. The van der Waals surface area contributed by atoms with E-state index >= 15 is 0 Å². The van der Waals surface area contributed by atoms with E-state index < -0.39 is 5.54 Å². The van der Waals surface area contributed by atoms with Crippen molar-refractivity contribution in [2.24, 2.45) is 0 Å². The van der Waals surface area contributed by atoms with Crippen molar-refractivity contribution in [1.82, 2.24) is 5.32 Å². The van der Waals surface area contributed by atoms with E-state index in [0.29, 0.717) is 34.7 Å². The number of hydrogen-bond acceptors (Lipinski definition) is 5. The van der Waals surface area contributed by atoms with Gasteiger partial charge in [0.15, 0.2) is 28.6 Å². The second-order valence-electron chi connectivity index (χ2n) is 6.86. The van der Waals surface area contributed by atoms with Crippen LogP contribution in [-0.4, -0.2) is 18.4 Å². The number of Topliss-reactive ketones (excluding diaryl/α,β-unsaturated/α-hetero) is 2. The van der Waals surface area contributed by atoms with Crippen LogP contribution in [0.15, 0.2) is 72.8 Å². The zero-order valence-electron chi connectivity index (χ0n) is 15.0. The molecule has 28 heavy (non-hydrogen) atoms. The SMILES string of the molecule is O=C1c2ccccc2C(=O)C1(NCc1ccc2c(c1)OCO2)c1ccccc1. The second-order valence-corrected chi connectivity index (χ2v) is 6.86. The molecular formula is C23H17NO4. The van der Waals surface area contributed by atoms with Crippen LogP contribution in [0.4, 0.5) is 0 Å². The van der Waals surface area contributed by atoms with Crippen molar-refractivity contribution >= 4 is 11.6 Å². The van der Waals surface area contributed by atoms with Crippen molar-refractivity contribution < 1.29 is 19.1 Å². The molecule has 5 heteroatoms. The second kappa shape index (κ2) is 6.32. The van der Waals surface area contributed by atoms with Gasteiger partial charge in [0.2, 0.25) is 6.79 Å². The minimum absolute atomic E-state index is 0.201. The normalized spacial score (nSPS) is 16.3. The summed E-state index contributed by atoms with van der Waals surface area (Å²) < 4.78 is 10.8. The van der Waals surface area contributed by atoms with Gasteiger partial charge in [-0.25, -0.2) is 0 Å². The molecule has 1 aliphatic carbocycles. The summed E-state index contributed by atoms with van der Waals surface area (Å²) in [6.07, 6.45) is 0. The number of carbonyl (C=O) groups is 2. The molecule has 5 nitrogen and oxygen atoms in total. The lowest BCUT2D eigenvalue weighted by Gasteiger charge is -2.28. The Morgan fingerprint density at radius 3 is 2.14 bits per heavy atom. The Bertz CT molecular complexity index is 1060. The topological polar surface area (TPSA) is 64.6 Å². The van der Waals surface area contributed by atoms with E-state index in [1.54, 1.807) is 24.3 Å². The van der Waals surface area contributed by atoms with Crippen LogP contribution in [0.2, 0.25) is 0 Å². The monoisotopic (exact) mass is 371 g/mol. The lowest BCUT2D eigenvalue weighted by molar-refractivity contribution is 0.0752. The van der Waals surface area contributed by atoms with Crippen molar-refractivity contribution in [1.29, 1.82) is 0 Å². The highest BCUT2D eigenvalue weighted by Crippen LogP contribution is 2.38. The molecule has 0 atom stereocenters. The largest absolute Gasteiger partial charge is 0.454 e. The molecule has 1 heterocycles. The molecule has 0 spiro atoms. The number of ether oxygens (including phenoxy) is 2. The summed E-state index contributed by atoms with van der Waals surface area (Å²) in [5, 5.41) is 3.27.